The first-order valence-electron chi connectivity index (χ1n) is 6.26. The maximum absolute atomic E-state index is 5.71. The van der Waals surface area contributed by atoms with E-state index in [1.165, 1.54) is 11.1 Å². The maximum atomic E-state index is 5.71. The molecule has 0 fully saturated rings. The normalized spacial score (nSPS) is 10.4. The van der Waals surface area contributed by atoms with Crippen LogP contribution in [0, 0.1) is 0 Å². The van der Waals surface area contributed by atoms with Crippen LogP contribution in [0.4, 0.5) is 0 Å². The van der Waals surface area contributed by atoms with Crippen LogP contribution in [0.2, 0.25) is 0 Å². The van der Waals surface area contributed by atoms with E-state index in [2.05, 4.69) is 32.0 Å². The Bertz CT molecular complexity index is 310. The predicted molar refractivity (Wildman–Crippen MR) is 69.0 cm³/mol. The second-order valence-electron chi connectivity index (χ2n) is 4.04. The van der Waals surface area contributed by atoms with Crippen molar-refractivity contribution in [1.82, 2.24) is 0 Å². The third-order valence-electron chi connectivity index (χ3n) is 2.64. The molecule has 0 aliphatic heterocycles. The van der Waals surface area contributed by atoms with Gasteiger partial charge >= 0.3 is 0 Å². The molecule has 0 heterocycles. The number of hydrogen-bond donors (Lipinski definition) is 1. The Morgan fingerprint density at radius 1 is 1.25 bits per heavy atom. The lowest BCUT2D eigenvalue weighted by molar-refractivity contribution is 0.314. The summed E-state index contributed by atoms with van der Waals surface area (Å²) in [5.41, 5.74) is 8.19. The van der Waals surface area contributed by atoms with Gasteiger partial charge in [-0.1, -0.05) is 26.0 Å². The molecule has 0 spiro atoms. The van der Waals surface area contributed by atoms with Crippen LogP contribution in [0.5, 0.6) is 5.75 Å². The number of nitrogens with two attached hydrogens (primary N) is 1. The largest absolute Gasteiger partial charge is 0.493 e. The first-order valence-corrected chi connectivity index (χ1v) is 6.26. The molecule has 2 nitrogen and oxygen atoms in total. The summed E-state index contributed by atoms with van der Waals surface area (Å²) < 4.78 is 5.71. The highest BCUT2D eigenvalue weighted by Gasteiger charge is 2.03. The minimum absolute atomic E-state index is 0.759. The van der Waals surface area contributed by atoms with Crippen LogP contribution < -0.4 is 10.5 Å². The van der Waals surface area contributed by atoms with Crippen LogP contribution in [0.15, 0.2) is 18.2 Å². The van der Waals surface area contributed by atoms with E-state index in [9.17, 15) is 0 Å². The Balaban J connectivity index is 2.71. The summed E-state index contributed by atoms with van der Waals surface area (Å²) in [6.45, 7) is 5.85. The number of benzene rings is 1. The molecule has 2 heteroatoms. The molecule has 0 amide bonds. The van der Waals surface area contributed by atoms with Crippen molar-refractivity contribution >= 4 is 0 Å². The van der Waals surface area contributed by atoms with E-state index in [-0.39, 0.29) is 0 Å². The van der Waals surface area contributed by atoms with Gasteiger partial charge in [0.25, 0.3) is 0 Å². The van der Waals surface area contributed by atoms with Crippen molar-refractivity contribution in [1.29, 1.82) is 0 Å². The average Bonchev–Trinajstić information content (AvgIpc) is 2.34. The zero-order chi connectivity index (χ0) is 11.8. The van der Waals surface area contributed by atoms with Crippen LogP contribution in [0.25, 0.3) is 0 Å². The first kappa shape index (κ1) is 13.0. The Hall–Kier alpha value is -1.02. The van der Waals surface area contributed by atoms with E-state index in [4.69, 9.17) is 10.5 Å². The second-order valence-corrected chi connectivity index (χ2v) is 4.04. The molecule has 0 saturated carbocycles. The predicted octanol–water partition coefficient (Wildman–Crippen LogP) is 2.93. The summed E-state index contributed by atoms with van der Waals surface area (Å²) in [6.07, 6.45) is 4.20. The molecular weight excluding hydrogens is 198 g/mol. The molecule has 1 aromatic carbocycles. The third kappa shape index (κ3) is 3.86. The highest BCUT2D eigenvalue weighted by Crippen LogP contribution is 2.21. The average molecular weight is 221 g/mol. The van der Waals surface area contributed by atoms with Crippen molar-refractivity contribution in [3.05, 3.63) is 29.3 Å². The Morgan fingerprint density at radius 3 is 2.69 bits per heavy atom. The minimum atomic E-state index is 0.759. The number of rotatable bonds is 7. The fraction of sp³-hybridized carbons (Fsp3) is 0.571. The number of hydrogen-bond acceptors (Lipinski definition) is 2. The monoisotopic (exact) mass is 221 g/mol. The van der Waals surface area contributed by atoms with Crippen LogP contribution in [-0.4, -0.2) is 13.2 Å². The molecule has 0 atom stereocenters. The molecule has 0 aliphatic rings. The van der Waals surface area contributed by atoms with Crippen LogP contribution in [-0.2, 0) is 12.8 Å². The molecule has 0 aliphatic carbocycles. The second kappa shape index (κ2) is 7.29. The smallest absolute Gasteiger partial charge is 0.122 e. The molecule has 90 valence electrons. The Kier molecular flexibility index (Phi) is 5.94. The van der Waals surface area contributed by atoms with Gasteiger partial charge in [-0.3, -0.25) is 0 Å². The summed E-state index contributed by atoms with van der Waals surface area (Å²) in [5.74, 6) is 1.04. The molecule has 0 bridgehead atoms. The third-order valence-corrected chi connectivity index (χ3v) is 2.64. The summed E-state index contributed by atoms with van der Waals surface area (Å²) >= 11 is 0. The minimum Gasteiger partial charge on any atom is -0.493 e. The number of ether oxygens (including phenoxy) is 1. The highest BCUT2D eigenvalue weighted by atomic mass is 16.5. The zero-order valence-electron chi connectivity index (χ0n) is 10.5. The van der Waals surface area contributed by atoms with Crippen molar-refractivity contribution in [2.75, 3.05) is 13.2 Å². The van der Waals surface area contributed by atoms with E-state index in [0.717, 1.165) is 44.6 Å². The lowest BCUT2D eigenvalue weighted by Crippen LogP contribution is -2.02. The van der Waals surface area contributed by atoms with Gasteiger partial charge in [-0.2, -0.15) is 0 Å². The molecule has 0 saturated heterocycles. The lowest BCUT2D eigenvalue weighted by atomic mass is 10.0. The SMILES string of the molecule is CCCOc1ccc(CCCN)cc1CC. The van der Waals surface area contributed by atoms with E-state index in [1.54, 1.807) is 0 Å². The standard InChI is InChI=1S/C14H23NO/c1-3-10-16-14-8-7-12(6-5-9-15)11-13(14)4-2/h7-8,11H,3-6,9-10,15H2,1-2H3. The first-order chi connectivity index (χ1) is 7.81. The van der Waals surface area contributed by atoms with E-state index >= 15 is 0 Å². The summed E-state index contributed by atoms with van der Waals surface area (Å²) in [4.78, 5) is 0. The summed E-state index contributed by atoms with van der Waals surface area (Å²) in [5, 5.41) is 0. The van der Waals surface area contributed by atoms with E-state index < -0.39 is 0 Å². The van der Waals surface area contributed by atoms with Gasteiger partial charge in [-0.25, -0.2) is 0 Å². The Morgan fingerprint density at radius 2 is 2.06 bits per heavy atom. The van der Waals surface area contributed by atoms with Gasteiger partial charge in [0.05, 0.1) is 6.61 Å². The van der Waals surface area contributed by atoms with Gasteiger partial charge in [0, 0.05) is 0 Å². The molecule has 0 aromatic heterocycles. The fourth-order valence-electron chi connectivity index (χ4n) is 1.72. The molecule has 0 unspecified atom stereocenters. The summed E-state index contributed by atoms with van der Waals surface area (Å²) in [7, 11) is 0. The molecule has 16 heavy (non-hydrogen) atoms. The van der Waals surface area contributed by atoms with Gasteiger partial charge < -0.3 is 10.5 Å². The molecule has 1 aromatic rings. The van der Waals surface area contributed by atoms with Crippen molar-refractivity contribution in [2.45, 2.75) is 39.5 Å². The molecule has 0 radical (unpaired) electrons. The molecule has 2 N–H and O–H groups in total. The maximum Gasteiger partial charge on any atom is 0.122 e. The van der Waals surface area contributed by atoms with Crippen LogP contribution in [0.3, 0.4) is 0 Å². The highest BCUT2D eigenvalue weighted by molar-refractivity contribution is 5.37. The van der Waals surface area contributed by atoms with Gasteiger partial charge in [-0.05, 0) is 49.4 Å². The topological polar surface area (TPSA) is 35.2 Å². The zero-order valence-corrected chi connectivity index (χ0v) is 10.5. The van der Waals surface area contributed by atoms with Gasteiger partial charge in [-0.15, -0.1) is 0 Å². The van der Waals surface area contributed by atoms with Gasteiger partial charge in [0.15, 0.2) is 0 Å². The summed E-state index contributed by atoms with van der Waals surface area (Å²) in [6, 6.07) is 6.50. The fourth-order valence-corrected chi connectivity index (χ4v) is 1.72. The van der Waals surface area contributed by atoms with Crippen molar-refractivity contribution in [2.24, 2.45) is 5.73 Å². The Labute approximate surface area is 98.8 Å². The van der Waals surface area contributed by atoms with Crippen molar-refractivity contribution < 1.29 is 4.74 Å². The molecule has 1 rings (SSSR count). The van der Waals surface area contributed by atoms with E-state index in [0.29, 0.717) is 0 Å². The lowest BCUT2D eigenvalue weighted by Gasteiger charge is -2.11. The van der Waals surface area contributed by atoms with E-state index in [1.807, 2.05) is 0 Å². The van der Waals surface area contributed by atoms with Gasteiger partial charge in [0.1, 0.15) is 5.75 Å². The van der Waals surface area contributed by atoms with Crippen LogP contribution in [0.1, 0.15) is 37.8 Å². The van der Waals surface area contributed by atoms with Gasteiger partial charge in [0.2, 0.25) is 0 Å². The van der Waals surface area contributed by atoms with Crippen molar-refractivity contribution in [3.63, 3.8) is 0 Å². The molecular formula is C14H23NO. The van der Waals surface area contributed by atoms with Crippen LogP contribution >= 0.6 is 0 Å². The quantitative estimate of drug-likeness (QED) is 0.768. The number of aryl methyl sites for hydroxylation is 2. The van der Waals surface area contributed by atoms with Crippen molar-refractivity contribution in [3.8, 4) is 5.75 Å².